The van der Waals surface area contributed by atoms with E-state index in [1.807, 2.05) is 26.1 Å². The Morgan fingerprint density at radius 3 is 2.89 bits per heavy atom. The normalized spacial score (nSPS) is 10.7. The van der Waals surface area contributed by atoms with Gasteiger partial charge in [-0.3, -0.25) is 0 Å². The van der Waals surface area contributed by atoms with Crippen molar-refractivity contribution in [3.63, 3.8) is 0 Å². The average Bonchev–Trinajstić information content (AvgIpc) is 2.97. The largest absolute Gasteiger partial charge is 0.461 e. The van der Waals surface area contributed by atoms with E-state index in [0.29, 0.717) is 30.6 Å². The van der Waals surface area contributed by atoms with Gasteiger partial charge in [0.05, 0.1) is 6.61 Å². The van der Waals surface area contributed by atoms with Gasteiger partial charge in [0.25, 0.3) is 0 Å². The molecule has 6 heteroatoms. The Hall–Kier alpha value is -2.11. The summed E-state index contributed by atoms with van der Waals surface area (Å²) in [6.07, 6.45) is 2.54. The Labute approximate surface area is 111 Å². The van der Waals surface area contributed by atoms with Gasteiger partial charge in [-0.1, -0.05) is 12.1 Å². The molecule has 19 heavy (non-hydrogen) atoms. The number of carbonyl (C=O) groups is 1. The van der Waals surface area contributed by atoms with Crippen LogP contribution in [0.25, 0.3) is 0 Å². The highest BCUT2D eigenvalue weighted by Gasteiger charge is 2.17. The van der Waals surface area contributed by atoms with Gasteiger partial charge < -0.3 is 13.8 Å². The van der Waals surface area contributed by atoms with Gasteiger partial charge in [-0.15, -0.1) is 0 Å². The van der Waals surface area contributed by atoms with Gasteiger partial charge in [0.1, 0.15) is 12.2 Å². The minimum Gasteiger partial charge on any atom is -0.461 e. The van der Waals surface area contributed by atoms with Gasteiger partial charge in [-0.25, -0.2) is 4.79 Å². The van der Waals surface area contributed by atoms with Crippen molar-refractivity contribution < 1.29 is 14.1 Å². The molecule has 2 heterocycles. The summed E-state index contributed by atoms with van der Waals surface area (Å²) in [5.74, 6) is 0.815. The van der Waals surface area contributed by atoms with E-state index in [9.17, 15) is 4.79 Å². The summed E-state index contributed by atoms with van der Waals surface area (Å²) in [7, 11) is 0. The predicted molar refractivity (Wildman–Crippen MR) is 67.9 cm³/mol. The second-order valence-corrected chi connectivity index (χ2v) is 4.15. The summed E-state index contributed by atoms with van der Waals surface area (Å²) in [6.45, 7) is 6.33. The van der Waals surface area contributed by atoms with Crippen molar-refractivity contribution in [1.29, 1.82) is 0 Å². The standard InChI is InChI=1S/C13H17N3O3/c1-4-10-14-11(19-15-10)8-16-7-6-9(3)12(16)13(17)18-5-2/h6-7H,4-5,8H2,1-3H3. The van der Waals surface area contributed by atoms with E-state index in [-0.39, 0.29) is 5.97 Å². The van der Waals surface area contributed by atoms with Crippen molar-refractivity contribution in [2.75, 3.05) is 6.61 Å². The fourth-order valence-corrected chi connectivity index (χ4v) is 1.83. The molecule has 102 valence electrons. The lowest BCUT2D eigenvalue weighted by Gasteiger charge is -2.07. The van der Waals surface area contributed by atoms with Gasteiger partial charge in [-0.05, 0) is 25.5 Å². The first-order valence-electron chi connectivity index (χ1n) is 6.30. The van der Waals surface area contributed by atoms with Gasteiger partial charge in [0.2, 0.25) is 5.89 Å². The van der Waals surface area contributed by atoms with E-state index in [2.05, 4.69) is 10.1 Å². The molecule has 0 radical (unpaired) electrons. The van der Waals surface area contributed by atoms with Gasteiger partial charge in [0.15, 0.2) is 5.82 Å². The maximum Gasteiger partial charge on any atom is 0.355 e. The van der Waals surface area contributed by atoms with E-state index in [1.54, 1.807) is 11.5 Å². The van der Waals surface area contributed by atoms with Crippen LogP contribution in [-0.2, 0) is 17.7 Å². The summed E-state index contributed by atoms with van der Waals surface area (Å²) >= 11 is 0. The lowest BCUT2D eigenvalue weighted by Crippen LogP contribution is -2.13. The molecule has 0 unspecified atom stereocenters. The average molecular weight is 263 g/mol. The highest BCUT2D eigenvalue weighted by molar-refractivity contribution is 5.89. The zero-order chi connectivity index (χ0) is 13.8. The molecule has 6 nitrogen and oxygen atoms in total. The third-order valence-electron chi connectivity index (χ3n) is 2.77. The Balaban J connectivity index is 2.23. The maximum absolute atomic E-state index is 11.9. The van der Waals surface area contributed by atoms with Gasteiger partial charge in [0, 0.05) is 12.6 Å². The van der Waals surface area contributed by atoms with E-state index in [0.717, 1.165) is 12.0 Å². The number of hydrogen-bond donors (Lipinski definition) is 0. The molecule has 0 fully saturated rings. The van der Waals surface area contributed by atoms with Crippen molar-refractivity contribution in [3.05, 3.63) is 35.2 Å². The number of aromatic nitrogens is 3. The molecule has 0 N–H and O–H groups in total. The Morgan fingerprint density at radius 1 is 1.47 bits per heavy atom. The number of ether oxygens (including phenoxy) is 1. The molecule has 2 rings (SSSR count). The highest BCUT2D eigenvalue weighted by atomic mass is 16.5. The van der Waals surface area contributed by atoms with Crippen molar-refractivity contribution in [2.24, 2.45) is 0 Å². The second-order valence-electron chi connectivity index (χ2n) is 4.15. The second kappa shape index (κ2) is 5.69. The summed E-state index contributed by atoms with van der Waals surface area (Å²) in [6, 6.07) is 1.86. The minimum atomic E-state index is -0.333. The first kappa shape index (κ1) is 13.3. The lowest BCUT2D eigenvalue weighted by molar-refractivity contribution is 0.0513. The molecular weight excluding hydrogens is 246 g/mol. The Morgan fingerprint density at radius 2 is 2.26 bits per heavy atom. The van der Waals surface area contributed by atoms with Gasteiger partial charge >= 0.3 is 5.97 Å². The molecule has 0 atom stereocenters. The molecule has 0 saturated heterocycles. The fourth-order valence-electron chi connectivity index (χ4n) is 1.83. The van der Waals surface area contributed by atoms with Crippen molar-refractivity contribution in [3.8, 4) is 0 Å². The number of rotatable bonds is 5. The lowest BCUT2D eigenvalue weighted by atomic mass is 10.3. The minimum absolute atomic E-state index is 0.333. The number of esters is 1. The van der Waals surface area contributed by atoms with E-state index in [1.165, 1.54) is 0 Å². The summed E-state index contributed by atoms with van der Waals surface area (Å²) in [5, 5.41) is 3.83. The van der Waals surface area contributed by atoms with Crippen LogP contribution >= 0.6 is 0 Å². The summed E-state index contributed by atoms with van der Waals surface area (Å²) < 4.78 is 11.9. The van der Waals surface area contributed by atoms with Crippen LogP contribution in [0.15, 0.2) is 16.8 Å². The highest BCUT2D eigenvalue weighted by Crippen LogP contribution is 2.13. The number of carbonyl (C=O) groups excluding carboxylic acids is 1. The third kappa shape index (κ3) is 2.83. The van der Waals surface area contributed by atoms with Crippen LogP contribution in [0.5, 0.6) is 0 Å². The maximum atomic E-state index is 11.9. The van der Waals surface area contributed by atoms with E-state index >= 15 is 0 Å². The van der Waals surface area contributed by atoms with Gasteiger partial charge in [-0.2, -0.15) is 4.98 Å². The molecular formula is C13H17N3O3. The zero-order valence-electron chi connectivity index (χ0n) is 11.3. The molecule has 0 aliphatic heterocycles. The molecule has 2 aromatic heterocycles. The Kier molecular flexibility index (Phi) is 3.99. The molecule has 0 spiro atoms. The first-order chi connectivity index (χ1) is 9.15. The van der Waals surface area contributed by atoms with Crippen LogP contribution in [0.4, 0.5) is 0 Å². The number of hydrogen-bond acceptors (Lipinski definition) is 5. The number of nitrogens with zero attached hydrogens (tertiary/aromatic N) is 3. The molecule has 2 aromatic rings. The predicted octanol–water partition coefficient (Wildman–Crippen LogP) is 1.97. The molecule has 0 saturated carbocycles. The monoisotopic (exact) mass is 263 g/mol. The number of aryl methyl sites for hydroxylation is 2. The van der Waals surface area contributed by atoms with Crippen LogP contribution < -0.4 is 0 Å². The molecule has 0 bridgehead atoms. The zero-order valence-corrected chi connectivity index (χ0v) is 11.3. The molecule has 0 aliphatic rings. The summed E-state index contributed by atoms with van der Waals surface area (Å²) in [4.78, 5) is 16.1. The van der Waals surface area contributed by atoms with Crippen molar-refractivity contribution in [1.82, 2.24) is 14.7 Å². The van der Waals surface area contributed by atoms with Crippen molar-refractivity contribution in [2.45, 2.75) is 33.7 Å². The fraction of sp³-hybridized carbons (Fsp3) is 0.462. The van der Waals surface area contributed by atoms with Crippen molar-refractivity contribution >= 4 is 5.97 Å². The van der Waals surface area contributed by atoms with Crippen LogP contribution in [-0.4, -0.2) is 27.3 Å². The molecule has 0 amide bonds. The van der Waals surface area contributed by atoms with Crippen LogP contribution in [0.2, 0.25) is 0 Å². The quantitative estimate of drug-likeness (QED) is 0.771. The van der Waals surface area contributed by atoms with E-state index < -0.39 is 0 Å². The summed E-state index contributed by atoms with van der Waals surface area (Å²) in [5.41, 5.74) is 1.40. The first-order valence-corrected chi connectivity index (χ1v) is 6.30. The van der Waals surface area contributed by atoms with Crippen LogP contribution in [0, 0.1) is 6.92 Å². The SMILES string of the molecule is CCOC(=O)c1c(C)ccn1Cc1nc(CC)no1. The molecule has 0 aromatic carbocycles. The van der Waals surface area contributed by atoms with E-state index in [4.69, 9.17) is 9.26 Å². The molecule has 0 aliphatic carbocycles. The Bertz CT molecular complexity index is 571. The van der Waals surface area contributed by atoms with Crippen LogP contribution in [0.3, 0.4) is 0 Å². The smallest absolute Gasteiger partial charge is 0.355 e. The third-order valence-corrected chi connectivity index (χ3v) is 2.77. The topological polar surface area (TPSA) is 70.2 Å². The van der Waals surface area contributed by atoms with Crippen LogP contribution in [0.1, 0.15) is 41.6 Å².